The van der Waals surface area contributed by atoms with Gasteiger partial charge in [-0.1, -0.05) is 6.07 Å². The average molecular weight is 411 g/mol. The van der Waals surface area contributed by atoms with Gasteiger partial charge in [0.15, 0.2) is 0 Å². The molecule has 1 fully saturated rings. The summed E-state index contributed by atoms with van der Waals surface area (Å²) >= 11 is 0. The van der Waals surface area contributed by atoms with Gasteiger partial charge in [0.2, 0.25) is 0 Å². The van der Waals surface area contributed by atoms with E-state index >= 15 is 0 Å². The number of aromatic nitrogens is 1. The van der Waals surface area contributed by atoms with Crippen molar-refractivity contribution in [1.29, 1.82) is 0 Å². The lowest BCUT2D eigenvalue weighted by atomic mass is 9.81. The number of hydrogen-bond acceptors (Lipinski definition) is 2. The highest BCUT2D eigenvalue weighted by atomic mass is 19.1. The Morgan fingerprint density at radius 1 is 1.07 bits per heavy atom. The van der Waals surface area contributed by atoms with E-state index in [0.717, 1.165) is 36.8 Å². The molecule has 0 bridgehead atoms. The number of H-pyrrole nitrogens is 1. The number of aryl methyl sites for hydroxylation is 1. The van der Waals surface area contributed by atoms with E-state index in [1.165, 1.54) is 18.2 Å². The number of fused-ring (bicyclic) bond motifs is 1. The molecule has 1 aliphatic carbocycles. The highest BCUT2D eigenvalue weighted by Crippen LogP contribution is 2.35. The Balaban J connectivity index is 1.53. The molecule has 1 saturated carbocycles. The molecule has 1 heterocycles. The van der Waals surface area contributed by atoms with Crippen LogP contribution in [-0.4, -0.2) is 35.9 Å². The smallest absolute Gasteiger partial charge is 0.272 e. The fourth-order valence-corrected chi connectivity index (χ4v) is 4.49. The molecule has 158 valence electrons. The SMILES string of the molecule is Cc1ccc(F)c2cc(C(=O)Nc3cc(F)cc([C@H]4CC[C@@H](N(C)C)CC4)c3)[nH]c12. The quantitative estimate of drug-likeness (QED) is 0.588. The summed E-state index contributed by atoms with van der Waals surface area (Å²) in [6.45, 7) is 1.85. The molecule has 4 rings (SSSR count). The number of nitrogens with one attached hydrogen (secondary N) is 2. The van der Waals surface area contributed by atoms with Crippen LogP contribution in [0.25, 0.3) is 10.9 Å². The van der Waals surface area contributed by atoms with Gasteiger partial charge in [-0.2, -0.15) is 0 Å². The third-order valence-corrected chi connectivity index (χ3v) is 6.27. The fraction of sp³-hybridized carbons (Fsp3) is 0.375. The molecule has 0 unspecified atom stereocenters. The lowest BCUT2D eigenvalue weighted by Gasteiger charge is -2.33. The predicted molar refractivity (Wildman–Crippen MR) is 116 cm³/mol. The molecular weight excluding hydrogens is 384 g/mol. The second kappa shape index (κ2) is 8.19. The van der Waals surface area contributed by atoms with Gasteiger partial charge < -0.3 is 15.2 Å². The molecule has 2 aromatic carbocycles. The van der Waals surface area contributed by atoms with Crippen molar-refractivity contribution in [2.75, 3.05) is 19.4 Å². The van der Waals surface area contributed by atoms with Crippen LogP contribution in [0.3, 0.4) is 0 Å². The van der Waals surface area contributed by atoms with Gasteiger partial charge in [0.05, 0.1) is 5.52 Å². The van der Waals surface area contributed by atoms with E-state index in [1.807, 2.05) is 13.0 Å². The van der Waals surface area contributed by atoms with Crippen molar-refractivity contribution >= 4 is 22.5 Å². The first-order chi connectivity index (χ1) is 14.3. The first-order valence-corrected chi connectivity index (χ1v) is 10.4. The Morgan fingerprint density at radius 2 is 1.80 bits per heavy atom. The molecule has 2 N–H and O–H groups in total. The molecule has 0 aliphatic heterocycles. The Kier molecular flexibility index (Phi) is 5.60. The minimum Gasteiger partial charge on any atom is -0.350 e. The van der Waals surface area contributed by atoms with Gasteiger partial charge in [-0.3, -0.25) is 4.79 Å². The maximum Gasteiger partial charge on any atom is 0.272 e. The van der Waals surface area contributed by atoms with Crippen molar-refractivity contribution in [3.05, 3.63) is 64.9 Å². The number of benzene rings is 2. The molecule has 4 nitrogen and oxygen atoms in total. The normalized spacial score (nSPS) is 19.4. The van der Waals surface area contributed by atoms with Crippen LogP contribution in [0.1, 0.15) is 53.2 Å². The molecule has 0 radical (unpaired) electrons. The van der Waals surface area contributed by atoms with Crippen LogP contribution in [0.5, 0.6) is 0 Å². The topological polar surface area (TPSA) is 48.1 Å². The van der Waals surface area contributed by atoms with Crippen LogP contribution in [0, 0.1) is 18.6 Å². The van der Waals surface area contributed by atoms with E-state index in [0.29, 0.717) is 22.6 Å². The van der Waals surface area contributed by atoms with Gasteiger partial charge in [0.1, 0.15) is 17.3 Å². The molecule has 0 saturated heterocycles. The molecule has 3 aromatic rings. The number of hydrogen-bond donors (Lipinski definition) is 2. The van der Waals surface area contributed by atoms with E-state index < -0.39 is 5.91 Å². The zero-order chi connectivity index (χ0) is 21.4. The maximum atomic E-state index is 14.3. The van der Waals surface area contributed by atoms with E-state index in [9.17, 15) is 13.6 Å². The van der Waals surface area contributed by atoms with Gasteiger partial charge in [-0.25, -0.2) is 8.78 Å². The van der Waals surface area contributed by atoms with Gasteiger partial charge in [0.25, 0.3) is 5.91 Å². The standard InChI is InChI=1S/C24H27F2N3O/c1-14-4-9-21(26)20-13-22(28-23(14)20)24(30)27-18-11-16(10-17(25)12-18)15-5-7-19(8-6-15)29(2)3/h4,9-13,15,19,28H,5-8H2,1-3H3,(H,27,30)/t15-,19+. The summed E-state index contributed by atoms with van der Waals surface area (Å²) < 4.78 is 28.4. The minimum absolute atomic E-state index is 0.246. The molecular formula is C24H27F2N3O. The number of rotatable bonds is 4. The van der Waals surface area contributed by atoms with E-state index in [2.05, 4.69) is 29.3 Å². The van der Waals surface area contributed by atoms with Crippen molar-refractivity contribution in [3.63, 3.8) is 0 Å². The number of halogens is 2. The third kappa shape index (κ3) is 4.10. The van der Waals surface area contributed by atoms with Crippen molar-refractivity contribution in [2.45, 2.75) is 44.6 Å². The zero-order valence-electron chi connectivity index (χ0n) is 17.6. The van der Waals surface area contributed by atoms with Crippen LogP contribution in [0.15, 0.2) is 36.4 Å². The van der Waals surface area contributed by atoms with E-state index in [1.54, 1.807) is 12.1 Å². The maximum absolute atomic E-state index is 14.3. The second-order valence-corrected chi connectivity index (χ2v) is 8.53. The Labute approximate surface area is 175 Å². The summed E-state index contributed by atoms with van der Waals surface area (Å²) in [4.78, 5) is 18.0. The number of carbonyl (C=O) groups is 1. The number of amides is 1. The van der Waals surface area contributed by atoms with Gasteiger partial charge in [-0.05, 0) is 94.1 Å². The van der Waals surface area contributed by atoms with Gasteiger partial charge >= 0.3 is 0 Å². The number of aromatic amines is 1. The third-order valence-electron chi connectivity index (χ3n) is 6.27. The molecule has 1 amide bonds. The summed E-state index contributed by atoms with van der Waals surface area (Å²) in [5.41, 5.74) is 3.03. The number of carbonyl (C=O) groups excluding carboxylic acids is 1. The van der Waals surface area contributed by atoms with Crippen molar-refractivity contribution in [2.24, 2.45) is 0 Å². The van der Waals surface area contributed by atoms with Crippen LogP contribution >= 0.6 is 0 Å². The lowest BCUT2D eigenvalue weighted by molar-refractivity contribution is 0.102. The van der Waals surface area contributed by atoms with Crippen LogP contribution in [0.2, 0.25) is 0 Å². The molecule has 1 aromatic heterocycles. The highest BCUT2D eigenvalue weighted by molar-refractivity contribution is 6.06. The fourth-order valence-electron chi connectivity index (χ4n) is 4.49. The molecule has 0 atom stereocenters. The number of anilines is 1. The summed E-state index contributed by atoms with van der Waals surface area (Å²) in [6.07, 6.45) is 4.16. The highest BCUT2D eigenvalue weighted by Gasteiger charge is 2.24. The van der Waals surface area contributed by atoms with Crippen LogP contribution < -0.4 is 5.32 Å². The molecule has 0 spiro atoms. The predicted octanol–water partition coefficient (Wildman–Crippen LogP) is 5.59. The Morgan fingerprint density at radius 3 is 2.47 bits per heavy atom. The van der Waals surface area contributed by atoms with Gasteiger partial charge in [0, 0.05) is 17.1 Å². The monoisotopic (exact) mass is 411 g/mol. The van der Waals surface area contributed by atoms with E-state index in [4.69, 9.17) is 0 Å². The minimum atomic E-state index is -0.419. The largest absolute Gasteiger partial charge is 0.350 e. The van der Waals surface area contributed by atoms with Crippen molar-refractivity contribution in [1.82, 2.24) is 9.88 Å². The number of nitrogens with zero attached hydrogens (tertiary/aromatic N) is 1. The molecule has 6 heteroatoms. The lowest BCUT2D eigenvalue weighted by Crippen LogP contribution is -2.31. The van der Waals surface area contributed by atoms with Crippen molar-refractivity contribution in [3.8, 4) is 0 Å². The van der Waals surface area contributed by atoms with Crippen molar-refractivity contribution < 1.29 is 13.6 Å². The second-order valence-electron chi connectivity index (χ2n) is 8.53. The first kappa shape index (κ1) is 20.5. The average Bonchev–Trinajstić information content (AvgIpc) is 3.17. The zero-order valence-corrected chi connectivity index (χ0v) is 17.6. The summed E-state index contributed by atoms with van der Waals surface area (Å²) in [7, 11) is 4.19. The first-order valence-electron chi connectivity index (χ1n) is 10.4. The molecule has 1 aliphatic rings. The Hall–Kier alpha value is -2.73. The summed E-state index contributed by atoms with van der Waals surface area (Å²) in [5.74, 6) is -0.876. The van der Waals surface area contributed by atoms with Gasteiger partial charge in [-0.15, -0.1) is 0 Å². The Bertz CT molecular complexity index is 1040. The van der Waals surface area contributed by atoms with E-state index in [-0.39, 0.29) is 23.2 Å². The summed E-state index contributed by atoms with van der Waals surface area (Å²) in [6, 6.07) is 9.86. The molecule has 30 heavy (non-hydrogen) atoms. The van der Waals surface area contributed by atoms with Crippen LogP contribution in [0.4, 0.5) is 14.5 Å². The summed E-state index contributed by atoms with van der Waals surface area (Å²) in [5, 5.41) is 3.14. The van der Waals surface area contributed by atoms with Crippen LogP contribution in [-0.2, 0) is 0 Å².